The summed E-state index contributed by atoms with van der Waals surface area (Å²) < 4.78 is 7.31. The number of aromatic nitrogens is 3. The standard InChI is InChI=1S/C28H27N5O/c1-34-23-7-2-18(3-8-23)19-5-10-27-26(15-19)31-17-33(27)28-11-6-20-14-21(4-9-24(20)32-28)25-16-22(29)12-13-30-25/h2-11,14-15,17,22,25,30H,12-13,16,29H2,1H3. The number of hydrogen-bond donors (Lipinski definition) is 2. The van der Waals surface area contributed by atoms with E-state index in [9.17, 15) is 0 Å². The van der Waals surface area contributed by atoms with Crippen LogP contribution in [0.5, 0.6) is 5.75 Å². The first-order valence-corrected chi connectivity index (χ1v) is 11.7. The van der Waals surface area contributed by atoms with Gasteiger partial charge in [-0.15, -0.1) is 0 Å². The zero-order chi connectivity index (χ0) is 23.1. The van der Waals surface area contributed by atoms with Gasteiger partial charge in [0.25, 0.3) is 0 Å². The quantitative estimate of drug-likeness (QED) is 0.404. The normalized spacial score (nSPS) is 18.4. The first-order chi connectivity index (χ1) is 16.7. The first-order valence-electron chi connectivity index (χ1n) is 11.7. The molecular formula is C28H27N5O. The van der Waals surface area contributed by atoms with Gasteiger partial charge in [-0.3, -0.25) is 4.57 Å². The second-order valence-electron chi connectivity index (χ2n) is 8.96. The van der Waals surface area contributed by atoms with Crippen LogP contribution < -0.4 is 15.8 Å². The Morgan fingerprint density at radius 3 is 2.62 bits per heavy atom. The van der Waals surface area contributed by atoms with Crippen molar-refractivity contribution in [1.29, 1.82) is 0 Å². The molecule has 5 aromatic rings. The van der Waals surface area contributed by atoms with Gasteiger partial charge in [0, 0.05) is 17.5 Å². The largest absolute Gasteiger partial charge is 0.497 e. The number of nitrogens with two attached hydrogens (primary N) is 1. The van der Waals surface area contributed by atoms with Gasteiger partial charge in [-0.1, -0.05) is 24.3 Å². The molecule has 2 atom stereocenters. The van der Waals surface area contributed by atoms with Crippen molar-refractivity contribution in [3.63, 3.8) is 0 Å². The van der Waals surface area contributed by atoms with Gasteiger partial charge in [0.05, 0.1) is 23.7 Å². The monoisotopic (exact) mass is 449 g/mol. The number of hydrogen-bond acceptors (Lipinski definition) is 5. The second kappa shape index (κ2) is 8.56. The zero-order valence-electron chi connectivity index (χ0n) is 19.1. The van der Waals surface area contributed by atoms with Crippen molar-refractivity contribution in [3.05, 3.63) is 84.7 Å². The molecule has 1 fully saturated rings. The highest BCUT2D eigenvalue weighted by atomic mass is 16.5. The van der Waals surface area contributed by atoms with Crippen molar-refractivity contribution in [1.82, 2.24) is 19.9 Å². The van der Waals surface area contributed by atoms with Crippen LogP contribution in [0.2, 0.25) is 0 Å². The summed E-state index contributed by atoms with van der Waals surface area (Å²) in [6.45, 7) is 0.967. The molecule has 0 aliphatic carbocycles. The highest BCUT2D eigenvalue weighted by Gasteiger charge is 2.20. The number of ether oxygens (including phenoxy) is 1. The second-order valence-corrected chi connectivity index (χ2v) is 8.96. The van der Waals surface area contributed by atoms with Gasteiger partial charge in [0.2, 0.25) is 0 Å². The number of pyridine rings is 1. The minimum Gasteiger partial charge on any atom is -0.497 e. The number of imidazole rings is 1. The van der Waals surface area contributed by atoms with Crippen LogP contribution in [0.15, 0.2) is 79.1 Å². The van der Waals surface area contributed by atoms with Crippen molar-refractivity contribution < 1.29 is 4.74 Å². The molecule has 0 saturated carbocycles. The van der Waals surface area contributed by atoms with Crippen LogP contribution >= 0.6 is 0 Å². The summed E-state index contributed by atoms with van der Waals surface area (Å²) in [6, 6.07) is 25.7. The SMILES string of the molecule is COc1ccc(-c2ccc3c(c2)ncn3-c2ccc3cc(C4CC(N)CCN4)ccc3n2)cc1. The van der Waals surface area contributed by atoms with E-state index in [1.165, 1.54) is 5.56 Å². The molecule has 6 rings (SSSR count). The molecule has 6 nitrogen and oxygen atoms in total. The number of piperidine rings is 1. The van der Waals surface area contributed by atoms with Gasteiger partial charge in [-0.05, 0) is 84.6 Å². The van der Waals surface area contributed by atoms with Gasteiger partial charge in [0.15, 0.2) is 0 Å². The summed E-state index contributed by atoms with van der Waals surface area (Å²) >= 11 is 0. The van der Waals surface area contributed by atoms with E-state index in [0.29, 0.717) is 6.04 Å². The third-order valence-corrected chi connectivity index (χ3v) is 6.76. The van der Waals surface area contributed by atoms with Crippen molar-refractivity contribution in [2.45, 2.75) is 24.9 Å². The smallest absolute Gasteiger partial charge is 0.139 e. The first kappa shape index (κ1) is 20.8. The van der Waals surface area contributed by atoms with E-state index < -0.39 is 0 Å². The summed E-state index contributed by atoms with van der Waals surface area (Å²) in [5.74, 6) is 1.71. The third kappa shape index (κ3) is 3.81. The summed E-state index contributed by atoms with van der Waals surface area (Å²) in [7, 11) is 1.68. The fraction of sp³-hybridized carbons (Fsp3) is 0.214. The summed E-state index contributed by atoms with van der Waals surface area (Å²) in [4.78, 5) is 9.59. The lowest BCUT2D eigenvalue weighted by Gasteiger charge is -2.28. The van der Waals surface area contributed by atoms with E-state index in [1.54, 1.807) is 7.11 Å². The Morgan fingerprint density at radius 1 is 0.941 bits per heavy atom. The Hall–Kier alpha value is -3.74. The lowest BCUT2D eigenvalue weighted by molar-refractivity contribution is 0.370. The van der Waals surface area contributed by atoms with E-state index in [2.05, 4.69) is 71.0 Å². The molecule has 2 aromatic heterocycles. The van der Waals surface area contributed by atoms with Gasteiger partial charge >= 0.3 is 0 Å². The highest BCUT2D eigenvalue weighted by molar-refractivity contribution is 5.85. The molecule has 2 unspecified atom stereocenters. The maximum Gasteiger partial charge on any atom is 0.139 e. The van der Waals surface area contributed by atoms with Gasteiger partial charge in [-0.25, -0.2) is 9.97 Å². The van der Waals surface area contributed by atoms with E-state index >= 15 is 0 Å². The maximum atomic E-state index is 6.18. The van der Waals surface area contributed by atoms with Crippen LogP contribution in [-0.2, 0) is 0 Å². The summed E-state index contributed by atoms with van der Waals surface area (Å²) in [6.07, 6.45) is 3.85. The Kier molecular flexibility index (Phi) is 5.24. The molecule has 3 heterocycles. The van der Waals surface area contributed by atoms with Crippen LogP contribution in [0, 0.1) is 0 Å². The number of benzene rings is 3. The molecule has 0 spiro atoms. The van der Waals surface area contributed by atoms with Crippen molar-refractivity contribution in [2.24, 2.45) is 5.73 Å². The zero-order valence-corrected chi connectivity index (χ0v) is 19.1. The molecule has 34 heavy (non-hydrogen) atoms. The number of nitrogens with one attached hydrogen (secondary N) is 1. The van der Waals surface area contributed by atoms with Crippen LogP contribution in [0.4, 0.5) is 0 Å². The Balaban J connectivity index is 1.31. The van der Waals surface area contributed by atoms with E-state index in [4.69, 9.17) is 15.5 Å². The van der Waals surface area contributed by atoms with Crippen LogP contribution in [0.1, 0.15) is 24.4 Å². The molecule has 1 aliphatic heterocycles. The lowest BCUT2D eigenvalue weighted by atomic mass is 9.93. The van der Waals surface area contributed by atoms with Gasteiger partial charge < -0.3 is 15.8 Å². The van der Waals surface area contributed by atoms with Crippen molar-refractivity contribution >= 4 is 21.9 Å². The Bertz CT molecular complexity index is 1470. The molecule has 6 heteroatoms. The predicted octanol–water partition coefficient (Wildman–Crippen LogP) is 5.00. The van der Waals surface area contributed by atoms with Gasteiger partial charge in [0.1, 0.15) is 17.9 Å². The molecular weight excluding hydrogens is 422 g/mol. The van der Waals surface area contributed by atoms with E-state index in [-0.39, 0.29) is 6.04 Å². The molecule has 170 valence electrons. The molecule has 1 aliphatic rings. The van der Waals surface area contributed by atoms with Crippen molar-refractivity contribution in [3.8, 4) is 22.7 Å². The van der Waals surface area contributed by atoms with Crippen LogP contribution in [-0.4, -0.2) is 34.2 Å². The van der Waals surface area contributed by atoms with Crippen molar-refractivity contribution in [2.75, 3.05) is 13.7 Å². The average Bonchev–Trinajstić information content (AvgIpc) is 3.31. The molecule has 0 amide bonds. The third-order valence-electron chi connectivity index (χ3n) is 6.76. The summed E-state index contributed by atoms with van der Waals surface area (Å²) in [5, 5.41) is 4.72. The average molecular weight is 450 g/mol. The minimum atomic E-state index is 0.266. The highest BCUT2D eigenvalue weighted by Crippen LogP contribution is 2.29. The van der Waals surface area contributed by atoms with Crippen LogP contribution in [0.25, 0.3) is 38.9 Å². The van der Waals surface area contributed by atoms with Crippen LogP contribution in [0.3, 0.4) is 0 Å². The van der Waals surface area contributed by atoms with E-state index in [1.807, 2.05) is 23.0 Å². The molecule has 3 N–H and O–H groups in total. The number of fused-ring (bicyclic) bond motifs is 2. The fourth-order valence-corrected chi connectivity index (χ4v) is 4.84. The topological polar surface area (TPSA) is 78.0 Å². The summed E-state index contributed by atoms with van der Waals surface area (Å²) in [5.41, 5.74) is 12.6. The Morgan fingerprint density at radius 2 is 1.79 bits per heavy atom. The lowest BCUT2D eigenvalue weighted by Crippen LogP contribution is -2.38. The maximum absolute atomic E-state index is 6.18. The fourth-order valence-electron chi connectivity index (χ4n) is 4.84. The number of methoxy groups -OCH3 is 1. The van der Waals surface area contributed by atoms with E-state index in [0.717, 1.165) is 64.0 Å². The van der Waals surface area contributed by atoms with Gasteiger partial charge in [-0.2, -0.15) is 0 Å². The molecule has 3 aromatic carbocycles. The minimum absolute atomic E-state index is 0.266. The molecule has 0 bridgehead atoms. The predicted molar refractivity (Wildman–Crippen MR) is 136 cm³/mol. The Labute approximate surface area is 198 Å². The molecule has 0 radical (unpaired) electrons. The molecule has 1 saturated heterocycles. The number of rotatable bonds is 4. The number of nitrogens with zero attached hydrogens (tertiary/aromatic N) is 3.